The first kappa shape index (κ1) is 22.0. The Hall–Kier alpha value is -2.70. The van der Waals surface area contributed by atoms with Crippen molar-refractivity contribution < 1.29 is 19.1 Å². The lowest BCUT2D eigenvalue weighted by atomic mass is 9.87. The van der Waals surface area contributed by atoms with Crippen LogP contribution in [0.25, 0.3) is 11.0 Å². The number of Topliss-reactive ketones (excluding diaryl/α,β-unsaturated/α-hetero) is 1. The molecule has 0 bridgehead atoms. The molecule has 2 aromatic carbocycles. The molecule has 0 spiro atoms. The number of benzene rings is 2. The Morgan fingerprint density at radius 2 is 1.70 bits per heavy atom. The van der Waals surface area contributed by atoms with E-state index >= 15 is 0 Å². The van der Waals surface area contributed by atoms with Crippen LogP contribution in [0.5, 0.6) is 0 Å². The predicted molar refractivity (Wildman–Crippen MR) is 115 cm³/mol. The number of carbonyl (C=O) groups is 2. The summed E-state index contributed by atoms with van der Waals surface area (Å²) in [6, 6.07) is 9.86. The predicted octanol–water partition coefficient (Wildman–Crippen LogP) is 5.03. The molecule has 1 aromatic heterocycles. The van der Waals surface area contributed by atoms with Gasteiger partial charge in [0.15, 0.2) is 5.69 Å². The van der Waals surface area contributed by atoms with Crippen LogP contribution in [0, 0.1) is 5.21 Å². The molecule has 30 heavy (non-hydrogen) atoms. The molecule has 0 aliphatic heterocycles. The van der Waals surface area contributed by atoms with Crippen LogP contribution < -0.4 is 4.73 Å². The molecule has 3 aromatic rings. The summed E-state index contributed by atoms with van der Waals surface area (Å²) in [6.45, 7) is 7.13. The molecule has 6 nitrogen and oxygen atoms in total. The number of halogens is 2. The van der Waals surface area contributed by atoms with E-state index in [1.165, 1.54) is 19.1 Å². The van der Waals surface area contributed by atoms with Gasteiger partial charge in [0.25, 0.3) is 5.69 Å². The molecule has 0 radical (unpaired) electrons. The molecule has 0 aliphatic carbocycles. The molecular weight excluding hydrogens is 427 g/mol. The van der Waals surface area contributed by atoms with Crippen molar-refractivity contribution in [3.05, 3.63) is 74.2 Å². The highest BCUT2D eigenvalue weighted by atomic mass is 35.5. The smallest absolute Gasteiger partial charge is 0.338 e. The van der Waals surface area contributed by atoms with Gasteiger partial charge < -0.3 is 9.94 Å². The molecule has 156 valence electrons. The summed E-state index contributed by atoms with van der Waals surface area (Å²) >= 11 is 12.0. The van der Waals surface area contributed by atoms with Gasteiger partial charge >= 0.3 is 5.97 Å². The maximum absolute atomic E-state index is 12.7. The van der Waals surface area contributed by atoms with E-state index in [-0.39, 0.29) is 44.5 Å². The first-order valence-electron chi connectivity index (χ1n) is 9.19. The van der Waals surface area contributed by atoms with Gasteiger partial charge in [0.1, 0.15) is 12.1 Å². The normalized spacial score (nSPS) is 11.5. The van der Waals surface area contributed by atoms with Gasteiger partial charge in [-0.1, -0.05) is 56.1 Å². The van der Waals surface area contributed by atoms with Gasteiger partial charge in [0, 0.05) is 13.0 Å². The summed E-state index contributed by atoms with van der Waals surface area (Å²) in [5, 5.41) is 13.1. The third-order valence-corrected chi connectivity index (χ3v) is 5.35. The zero-order chi connectivity index (χ0) is 22.2. The van der Waals surface area contributed by atoms with Crippen molar-refractivity contribution in [1.82, 2.24) is 4.98 Å². The van der Waals surface area contributed by atoms with Crippen molar-refractivity contribution in [3.8, 4) is 0 Å². The van der Waals surface area contributed by atoms with Crippen LogP contribution in [0.2, 0.25) is 10.0 Å². The third kappa shape index (κ3) is 4.40. The highest BCUT2D eigenvalue weighted by Gasteiger charge is 2.25. The zero-order valence-electron chi connectivity index (χ0n) is 17.0. The highest BCUT2D eigenvalue weighted by molar-refractivity contribution is 6.42. The Kier molecular flexibility index (Phi) is 6.01. The number of ketones is 1. The molecule has 8 heteroatoms. The Bertz CT molecular complexity index is 1150. The molecule has 0 N–H and O–H groups in total. The fourth-order valence-electron chi connectivity index (χ4n) is 2.98. The lowest BCUT2D eigenvalue weighted by Crippen LogP contribution is -2.37. The van der Waals surface area contributed by atoms with Crippen molar-refractivity contribution in [2.24, 2.45) is 0 Å². The van der Waals surface area contributed by atoms with E-state index in [1.807, 2.05) is 12.1 Å². The second kappa shape index (κ2) is 8.20. The van der Waals surface area contributed by atoms with Gasteiger partial charge in [-0.15, -0.1) is 0 Å². The lowest BCUT2D eigenvalue weighted by Gasteiger charge is -2.18. The number of fused-ring (bicyclic) bond motifs is 1. The summed E-state index contributed by atoms with van der Waals surface area (Å²) in [4.78, 5) is 28.8. The zero-order valence-corrected chi connectivity index (χ0v) is 18.5. The van der Waals surface area contributed by atoms with Gasteiger partial charge in [-0.25, -0.2) is 9.78 Å². The molecule has 0 atom stereocenters. The Labute approximate surface area is 184 Å². The summed E-state index contributed by atoms with van der Waals surface area (Å²) in [5.41, 5.74) is 1.57. The minimum Gasteiger partial charge on any atom is -0.618 e. The second-order valence-electron chi connectivity index (χ2n) is 7.92. The molecule has 0 saturated carbocycles. The lowest BCUT2D eigenvalue weighted by molar-refractivity contribution is -0.580. The molecule has 0 saturated heterocycles. The van der Waals surface area contributed by atoms with Crippen LogP contribution in [0.1, 0.15) is 59.8 Å². The number of hydrogen-bond acceptors (Lipinski definition) is 5. The van der Waals surface area contributed by atoms with E-state index in [1.54, 1.807) is 12.1 Å². The topological polar surface area (TPSA) is 83.2 Å². The van der Waals surface area contributed by atoms with E-state index in [0.717, 1.165) is 5.56 Å². The molecule has 1 heterocycles. The van der Waals surface area contributed by atoms with Crippen molar-refractivity contribution in [1.29, 1.82) is 0 Å². The van der Waals surface area contributed by atoms with Crippen LogP contribution in [-0.4, -0.2) is 16.7 Å². The molecule has 0 amide bonds. The van der Waals surface area contributed by atoms with Crippen molar-refractivity contribution in [3.63, 3.8) is 0 Å². The van der Waals surface area contributed by atoms with Gasteiger partial charge in [-0.05, 0) is 29.2 Å². The monoisotopic (exact) mass is 446 g/mol. The van der Waals surface area contributed by atoms with Gasteiger partial charge in [0.2, 0.25) is 11.3 Å². The van der Waals surface area contributed by atoms with Crippen LogP contribution >= 0.6 is 23.2 Å². The maximum atomic E-state index is 12.7. The minimum atomic E-state index is -0.585. The van der Waals surface area contributed by atoms with Crippen molar-refractivity contribution in [2.45, 2.75) is 39.7 Å². The number of nitrogens with zero attached hydrogens (tertiary/aromatic N) is 2. The third-order valence-electron chi connectivity index (χ3n) is 4.63. The van der Waals surface area contributed by atoms with Crippen LogP contribution in [-0.2, 0) is 16.8 Å². The fraction of sp³-hybridized carbons (Fsp3) is 0.273. The molecular formula is C22H20Cl2N2O4. The summed E-state index contributed by atoms with van der Waals surface area (Å²) in [5.74, 6) is -1.09. The average Bonchev–Trinajstić information content (AvgIpc) is 2.67. The van der Waals surface area contributed by atoms with E-state index in [2.05, 4.69) is 25.8 Å². The van der Waals surface area contributed by atoms with Crippen LogP contribution in [0.3, 0.4) is 0 Å². The summed E-state index contributed by atoms with van der Waals surface area (Å²) in [6.07, 6.45) is 0. The largest absolute Gasteiger partial charge is 0.618 e. The van der Waals surface area contributed by atoms with Crippen LogP contribution in [0.15, 0.2) is 36.4 Å². The number of esters is 1. The summed E-state index contributed by atoms with van der Waals surface area (Å²) < 4.78 is 5.76. The van der Waals surface area contributed by atoms with E-state index in [0.29, 0.717) is 10.3 Å². The second-order valence-corrected chi connectivity index (χ2v) is 8.73. The van der Waals surface area contributed by atoms with Gasteiger partial charge in [-0.3, -0.25) is 4.79 Å². The van der Waals surface area contributed by atoms with Crippen molar-refractivity contribution in [2.75, 3.05) is 0 Å². The Morgan fingerprint density at radius 3 is 2.27 bits per heavy atom. The number of carbonyl (C=O) groups excluding carboxylic acids is 2. The van der Waals surface area contributed by atoms with Gasteiger partial charge in [0.05, 0.1) is 15.6 Å². The molecule has 0 fully saturated rings. The number of ether oxygens (including phenoxy) is 1. The maximum Gasteiger partial charge on any atom is 0.338 e. The average molecular weight is 447 g/mol. The Balaban J connectivity index is 1.91. The fourth-order valence-corrected chi connectivity index (χ4v) is 3.30. The van der Waals surface area contributed by atoms with Crippen molar-refractivity contribution >= 4 is 46.0 Å². The number of rotatable bonds is 4. The van der Waals surface area contributed by atoms with E-state index in [4.69, 9.17) is 27.9 Å². The van der Waals surface area contributed by atoms with Crippen LogP contribution in [0.4, 0.5) is 0 Å². The van der Waals surface area contributed by atoms with E-state index < -0.39 is 11.8 Å². The molecule has 0 unspecified atom stereocenters. The molecule has 0 aliphatic rings. The number of aromatic nitrogens is 2. The number of hydrogen-bond donors (Lipinski definition) is 0. The summed E-state index contributed by atoms with van der Waals surface area (Å²) in [7, 11) is 0. The first-order chi connectivity index (χ1) is 14.0. The van der Waals surface area contributed by atoms with E-state index in [9.17, 15) is 14.8 Å². The highest BCUT2D eigenvalue weighted by Crippen LogP contribution is 2.26. The Morgan fingerprint density at radius 1 is 1.10 bits per heavy atom. The SMILES string of the molecule is CC(=O)c1c(COC(=O)c2ccc(C(C)(C)C)cc2)nc2cc(Cl)c(Cl)cc2[n+]1[O-]. The standard InChI is InChI=1S/C22H20Cl2N2O4/c1-12(27)20-18(25-17-9-15(23)16(24)10-19(17)26(20)29)11-30-21(28)13-5-7-14(8-6-13)22(2,3)4/h5-10H,11H2,1-4H3. The van der Waals surface area contributed by atoms with Gasteiger partial charge in [-0.2, -0.15) is 4.73 Å². The quantitative estimate of drug-likeness (QED) is 0.242. The first-order valence-corrected chi connectivity index (χ1v) is 9.94. The molecule has 3 rings (SSSR count). The minimum absolute atomic E-state index is 0.0419.